The van der Waals surface area contributed by atoms with Gasteiger partial charge in [0.2, 0.25) is 0 Å². The molecule has 0 radical (unpaired) electrons. The zero-order valence-corrected chi connectivity index (χ0v) is 20.7. The van der Waals surface area contributed by atoms with Gasteiger partial charge in [-0.2, -0.15) is 0 Å². The van der Waals surface area contributed by atoms with Gasteiger partial charge in [0.05, 0.1) is 22.9 Å². The van der Waals surface area contributed by atoms with E-state index in [1.807, 2.05) is 48.5 Å². The molecule has 1 fully saturated rings. The number of para-hydroxylation sites is 2. The topological polar surface area (TPSA) is 80.4 Å². The van der Waals surface area contributed by atoms with Crippen LogP contribution in [0.2, 0.25) is 0 Å². The summed E-state index contributed by atoms with van der Waals surface area (Å²) < 4.78 is 0. The fraction of sp³-hybridized carbons (Fsp3) is 0.233. The number of aromatic nitrogens is 1. The van der Waals surface area contributed by atoms with E-state index in [1.54, 1.807) is 6.07 Å². The summed E-state index contributed by atoms with van der Waals surface area (Å²) in [6.07, 6.45) is 2.21. The third-order valence-corrected chi connectivity index (χ3v) is 7.26. The number of aromatic amines is 1. The lowest BCUT2D eigenvalue weighted by atomic mass is 9.96. The maximum absolute atomic E-state index is 11.2. The van der Waals surface area contributed by atoms with Gasteiger partial charge in [0, 0.05) is 41.3 Å². The van der Waals surface area contributed by atoms with Crippen LogP contribution in [0.15, 0.2) is 82.5 Å². The van der Waals surface area contributed by atoms with Crippen LogP contribution in [0.1, 0.15) is 30.9 Å². The predicted molar refractivity (Wildman–Crippen MR) is 146 cm³/mol. The molecule has 0 aliphatic carbocycles. The molecule has 3 aromatic carbocycles. The van der Waals surface area contributed by atoms with Gasteiger partial charge in [0.1, 0.15) is 0 Å². The molecule has 0 spiro atoms. The quantitative estimate of drug-likeness (QED) is 0.346. The van der Waals surface area contributed by atoms with Gasteiger partial charge in [-0.05, 0) is 61.3 Å². The first-order chi connectivity index (χ1) is 18.1. The van der Waals surface area contributed by atoms with Gasteiger partial charge in [-0.1, -0.05) is 37.3 Å². The van der Waals surface area contributed by atoms with Gasteiger partial charge < -0.3 is 20.3 Å². The van der Waals surface area contributed by atoms with Crippen molar-refractivity contribution in [3.05, 3.63) is 106 Å². The van der Waals surface area contributed by atoms with Gasteiger partial charge in [0.15, 0.2) is 17.4 Å². The molecule has 184 valence electrons. The summed E-state index contributed by atoms with van der Waals surface area (Å²) in [6, 6.07) is 21.7. The summed E-state index contributed by atoms with van der Waals surface area (Å²) in [6.45, 7) is 13.0. The summed E-state index contributed by atoms with van der Waals surface area (Å²) in [4.78, 5) is 18.9. The molecule has 1 saturated heterocycles. The van der Waals surface area contributed by atoms with E-state index in [-0.39, 0.29) is 5.88 Å². The number of H-pyrrole nitrogens is 1. The first-order valence-electron chi connectivity index (χ1n) is 12.7. The number of likely N-dealkylation sites (tertiary alicyclic amines) is 1. The van der Waals surface area contributed by atoms with Crippen molar-refractivity contribution in [2.24, 2.45) is 9.98 Å². The monoisotopic (exact) mass is 488 g/mol. The lowest BCUT2D eigenvalue weighted by Gasteiger charge is -2.32. The van der Waals surface area contributed by atoms with Crippen LogP contribution in [0.4, 0.5) is 11.4 Å². The van der Waals surface area contributed by atoms with Crippen molar-refractivity contribution in [3.8, 4) is 5.88 Å². The summed E-state index contributed by atoms with van der Waals surface area (Å²) in [5, 5.41) is 17.3. The highest BCUT2D eigenvalue weighted by Crippen LogP contribution is 2.41. The van der Waals surface area contributed by atoms with E-state index in [4.69, 9.17) is 16.6 Å². The number of aromatic hydroxyl groups is 1. The molecule has 1 aromatic heterocycles. The average Bonchev–Trinajstić information content (AvgIpc) is 3.50. The van der Waals surface area contributed by atoms with E-state index in [0.29, 0.717) is 28.7 Å². The Morgan fingerprint density at radius 3 is 2.51 bits per heavy atom. The highest BCUT2D eigenvalue weighted by atomic mass is 16.3. The van der Waals surface area contributed by atoms with E-state index in [9.17, 15) is 5.11 Å². The first-order valence-corrected chi connectivity index (χ1v) is 12.7. The normalized spacial score (nSPS) is 15.6. The standard InChI is InChI=1S/C30H28N6O/c1-3-36-15-13-20(14-16-36)32-22-11-12-24-23(18-22)28(30(37)35-24)27(19-7-6-8-21(17-19)31-2)29-33-25-9-4-5-10-26(25)34-29/h4-12,17-18,20,32,35,37H,3,13-16H2,1H3. The number of piperidine rings is 1. The zero-order valence-electron chi connectivity index (χ0n) is 20.7. The van der Waals surface area contributed by atoms with Crippen molar-refractivity contribution in [1.82, 2.24) is 9.88 Å². The van der Waals surface area contributed by atoms with Crippen molar-refractivity contribution in [3.63, 3.8) is 0 Å². The highest BCUT2D eigenvalue weighted by Gasteiger charge is 2.23. The van der Waals surface area contributed by atoms with E-state index < -0.39 is 0 Å². The molecule has 0 amide bonds. The smallest absolute Gasteiger partial charge is 0.197 e. The molecule has 0 saturated carbocycles. The predicted octanol–water partition coefficient (Wildman–Crippen LogP) is 4.99. The lowest BCUT2D eigenvalue weighted by Crippen LogP contribution is -2.38. The third kappa shape index (κ3) is 4.37. The molecule has 3 N–H and O–H groups in total. The van der Waals surface area contributed by atoms with Gasteiger partial charge in [-0.3, -0.25) is 0 Å². The molecule has 2 aliphatic heterocycles. The van der Waals surface area contributed by atoms with Crippen molar-refractivity contribution in [2.75, 3.05) is 25.0 Å². The molecule has 2 aliphatic rings. The van der Waals surface area contributed by atoms with E-state index in [0.717, 1.165) is 65.3 Å². The maximum atomic E-state index is 11.2. The lowest BCUT2D eigenvalue weighted by molar-refractivity contribution is 0.229. The van der Waals surface area contributed by atoms with Crippen molar-refractivity contribution < 1.29 is 5.11 Å². The SMILES string of the molecule is [C-]#[N+]c1cccc(C(=C2N=c3ccccc3=N2)c2c(O)[nH]c3ccc(NC4CCN(CC)CC4)cc23)c1. The Morgan fingerprint density at radius 1 is 1.05 bits per heavy atom. The van der Waals surface area contributed by atoms with Crippen molar-refractivity contribution in [2.45, 2.75) is 25.8 Å². The molecule has 0 bridgehead atoms. The second kappa shape index (κ2) is 9.57. The van der Waals surface area contributed by atoms with Gasteiger partial charge in [-0.25, -0.2) is 14.8 Å². The number of hydrogen-bond acceptors (Lipinski definition) is 5. The minimum Gasteiger partial charge on any atom is -0.494 e. The summed E-state index contributed by atoms with van der Waals surface area (Å²) in [7, 11) is 0. The van der Waals surface area contributed by atoms with E-state index in [1.165, 1.54) is 0 Å². The Morgan fingerprint density at radius 2 is 1.81 bits per heavy atom. The van der Waals surface area contributed by atoms with Crippen LogP contribution in [0, 0.1) is 6.57 Å². The third-order valence-electron chi connectivity index (χ3n) is 7.26. The van der Waals surface area contributed by atoms with Crippen LogP contribution in [0.25, 0.3) is 21.3 Å². The number of benzene rings is 3. The molecule has 0 atom stereocenters. The highest BCUT2D eigenvalue weighted by molar-refractivity contribution is 6.02. The molecule has 6 rings (SSSR count). The molecule has 7 heteroatoms. The Bertz CT molecular complexity index is 1650. The number of rotatable bonds is 5. The molecular weight excluding hydrogens is 460 g/mol. The Kier molecular flexibility index (Phi) is 5.95. The molecule has 37 heavy (non-hydrogen) atoms. The largest absolute Gasteiger partial charge is 0.494 e. The van der Waals surface area contributed by atoms with Crippen LogP contribution in [0.3, 0.4) is 0 Å². The van der Waals surface area contributed by atoms with E-state index >= 15 is 0 Å². The van der Waals surface area contributed by atoms with Crippen LogP contribution in [0.5, 0.6) is 5.88 Å². The number of nitrogens with zero attached hydrogens (tertiary/aromatic N) is 4. The second-order valence-electron chi connectivity index (χ2n) is 9.53. The second-order valence-corrected chi connectivity index (χ2v) is 9.53. The zero-order chi connectivity index (χ0) is 25.4. The van der Waals surface area contributed by atoms with Gasteiger partial charge >= 0.3 is 0 Å². The first kappa shape index (κ1) is 23.0. The van der Waals surface area contributed by atoms with Crippen LogP contribution in [-0.4, -0.2) is 40.7 Å². The molecule has 0 unspecified atom stereocenters. The Labute approximate surface area is 215 Å². The van der Waals surface area contributed by atoms with E-state index in [2.05, 4.69) is 39.1 Å². The van der Waals surface area contributed by atoms with Crippen molar-refractivity contribution in [1.29, 1.82) is 0 Å². The number of hydrogen-bond donors (Lipinski definition) is 3. The molecule has 7 nitrogen and oxygen atoms in total. The van der Waals surface area contributed by atoms with Crippen LogP contribution in [-0.2, 0) is 0 Å². The summed E-state index contributed by atoms with van der Waals surface area (Å²) in [5.41, 5.74) is 4.48. The number of anilines is 1. The van der Waals surface area contributed by atoms with Gasteiger partial charge in [0.25, 0.3) is 0 Å². The minimum absolute atomic E-state index is 0.0560. The summed E-state index contributed by atoms with van der Waals surface area (Å²) in [5.74, 6) is 0.574. The average molecular weight is 489 g/mol. The minimum atomic E-state index is 0.0560. The Balaban J connectivity index is 1.49. The van der Waals surface area contributed by atoms with Crippen molar-refractivity contribution >= 4 is 27.9 Å². The fourth-order valence-electron chi connectivity index (χ4n) is 5.28. The number of fused-ring (bicyclic) bond motifs is 2. The number of nitrogens with one attached hydrogen (secondary N) is 2. The van der Waals surface area contributed by atoms with Gasteiger partial charge in [-0.15, -0.1) is 0 Å². The van der Waals surface area contributed by atoms with Crippen LogP contribution >= 0.6 is 0 Å². The maximum Gasteiger partial charge on any atom is 0.197 e. The molecule has 3 heterocycles. The van der Waals surface area contributed by atoms with Crippen LogP contribution < -0.4 is 16.0 Å². The summed E-state index contributed by atoms with van der Waals surface area (Å²) >= 11 is 0. The fourth-order valence-corrected chi connectivity index (χ4v) is 5.28. The molecule has 4 aromatic rings. The Hall–Kier alpha value is -4.41. The molecular formula is C30H28N6O.